The third kappa shape index (κ3) is 4.66. The van der Waals surface area contributed by atoms with Gasteiger partial charge in [0, 0.05) is 18.9 Å². The normalized spacial score (nSPS) is 29.5. The average molecular weight is 593 g/mol. The molecule has 11 heteroatoms. The molecule has 1 saturated carbocycles. The monoisotopic (exact) mass is 592 g/mol. The van der Waals surface area contributed by atoms with Gasteiger partial charge in [0.05, 0.1) is 10.6 Å². The summed E-state index contributed by atoms with van der Waals surface area (Å²) in [6.07, 6.45) is 8.42. The summed E-state index contributed by atoms with van der Waals surface area (Å²) < 4.78 is 35.2. The predicted octanol–water partition coefficient (Wildman–Crippen LogP) is 6.46. The number of hydrogen-bond acceptors (Lipinski definition) is 7. The molecule has 216 valence electrons. The van der Waals surface area contributed by atoms with Crippen LogP contribution in [0.5, 0.6) is 17.2 Å². The standard InChI is InChI=1S/C29H34ClO9P/c1-34-29(28(38-39-29)20-9-7-13-23(28)22-12-6-5-8-19(22)18-20)24-14-15-25(30)27(37-40(31,32)33)26(24)36-17-16-35-21-10-3-2-4-11-21/h2-4,10-11,14-15,20,23H,5-9,12-13,16-18H2,1H3,(H2,31,32,33). The van der Waals surface area contributed by atoms with Crippen LogP contribution in [0.1, 0.15) is 56.9 Å². The topological polar surface area (TPSA) is 113 Å². The minimum atomic E-state index is -4.99. The first-order chi connectivity index (χ1) is 19.3. The van der Waals surface area contributed by atoms with Gasteiger partial charge in [0.25, 0.3) is 5.79 Å². The van der Waals surface area contributed by atoms with Crippen molar-refractivity contribution in [2.24, 2.45) is 11.8 Å². The van der Waals surface area contributed by atoms with Gasteiger partial charge in [-0.1, -0.05) is 47.4 Å². The van der Waals surface area contributed by atoms with Crippen molar-refractivity contribution in [3.63, 3.8) is 0 Å². The molecule has 9 nitrogen and oxygen atoms in total. The lowest BCUT2D eigenvalue weighted by molar-refractivity contribution is -0.639. The van der Waals surface area contributed by atoms with Crippen molar-refractivity contribution in [2.45, 2.75) is 62.8 Å². The third-order valence-corrected chi connectivity index (χ3v) is 9.50. The van der Waals surface area contributed by atoms with E-state index in [9.17, 15) is 14.4 Å². The maximum atomic E-state index is 12.0. The molecule has 2 N–H and O–H groups in total. The minimum absolute atomic E-state index is 0.0206. The van der Waals surface area contributed by atoms with Crippen molar-refractivity contribution in [3.05, 3.63) is 64.2 Å². The fourth-order valence-corrected chi connectivity index (χ4v) is 7.93. The minimum Gasteiger partial charge on any atom is -0.490 e. The maximum Gasteiger partial charge on any atom is 0.524 e. The highest BCUT2D eigenvalue weighted by Crippen LogP contribution is 2.68. The quantitative estimate of drug-likeness (QED) is 0.147. The van der Waals surface area contributed by atoms with Gasteiger partial charge in [-0.15, -0.1) is 0 Å². The Balaban J connectivity index is 1.40. The first kappa shape index (κ1) is 28.0. The Kier molecular flexibility index (Phi) is 7.68. The molecule has 1 aliphatic heterocycles. The molecule has 4 atom stereocenters. The van der Waals surface area contributed by atoms with Crippen molar-refractivity contribution in [3.8, 4) is 17.2 Å². The van der Waals surface area contributed by atoms with Crippen LogP contribution in [0.15, 0.2) is 53.6 Å². The zero-order chi connectivity index (χ0) is 28.0. The van der Waals surface area contributed by atoms with Gasteiger partial charge < -0.3 is 18.7 Å². The second-order valence-electron chi connectivity index (χ2n) is 10.8. The van der Waals surface area contributed by atoms with Crippen LogP contribution in [0.25, 0.3) is 0 Å². The number of hydrogen-bond donors (Lipinski definition) is 2. The number of halogens is 1. The zero-order valence-corrected chi connectivity index (χ0v) is 24.0. The Bertz CT molecular complexity index is 1320. The molecule has 0 aromatic heterocycles. The van der Waals surface area contributed by atoms with Gasteiger partial charge in [-0.05, 0) is 69.2 Å². The van der Waals surface area contributed by atoms with Crippen LogP contribution >= 0.6 is 19.4 Å². The van der Waals surface area contributed by atoms with Gasteiger partial charge in [0.1, 0.15) is 19.0 Å². The summed E-state index contributed by atoms with van der Waals surface area (Å²) >= 11 is 6.43. The number of rotatable bonds is 9. The maximum absolute atomic E-state index is 12.0. The number of para-hydroxylation sites is 1. The van der Waals surface area contributed by atoms with Crippen LogP contribution in [-0.2, 0) is 24.9 Å². The second-order valence-corrected chi connectivity index (χ2v) is 12.4. The Morgan fingerprint density at radius 1 is 0.975 bits per heavy atom. The Hall–Kier alpha value is -2.10. The molecule has 1 heterocycles. The first-order valence-electron chi connectivity index (χ1n) is 13.8. The molecule has 40 heavy (non-hydrogen) atoms. The van der Waals surface area contributed by atoms with Gasteiger partial charge >= 0.3 is 7.82 Å². The molecule has 0 radical (unpaired) electrons. The van der Waals surface area contributed by atoms with Crippen LogP contribution in [0.4, 0.5) is 0 Å². The molecular formula is C29H34ClO9P. The summed E-state index contributed by atoms with van der Waals surface area (Å²) in [7, 11) is -3.43. The molecule has 2 aromatic rings. The average Bonchev–Trinajstić information content (AvgIpc) is 2.93. The van der Waals surface area contributed by atoms with Crippen LogP contribution in [0.3, 0.4) is 0 Å². The number of allylic oxidation sites excluding steroid dienone is 1. The molecule has 2 bridgehead atoms. The molecule has 4 aliphatic rings. The van der Waals surface area contributed by atoms with E-state index in [4.69, 9.17) is 40.1 Å². The van der Waals surface area contributed by atoms with E-state index in [0.29, 0.717) is 11.3 Å². The van der Waals surface area contributed by atoms with E-state index in [1.54, 1.807) is 18.7 Å². The van der Waals surface area contributed by atoms with Crippen LogP contribution in [0, 0.1) is 11.8 Å². The highest BCUT2D eigenvalue weighted by molar-refractivity contribution is 7.46. The summed E-state index contributed by atoms with van der Waals surface area (Å²) in [4.78, 5) is 31.6. The molecule has 6 rings (SSSR count). The number of ether oxygens (including phenoxy) is 3. The zero-order valence-electron chi connectivity index (χ0n) is 22.3. The van der Waals surface area contributed by atoms with Gasteiger partial charge in [-0.2, -0.15) is 4.89 Å². The molecular weight excluding hydrogens is 559 g/mol. The Morgan fingerprint density at radius 2 is 1.75 bits per heavy atom. The first-order valence-corrected chi connectivity index (χ1v) is 15.7. The van der Waals surface area contributed by atoms with Gasteiger partial charge in [0.2, 0.25) is 0 Å². The molecule has 4 unspecified atom stereocenters. The van der Waals surface area contributed by atoms with Crippen molar-refractivity contribution in [2.75, 3.05) is 20.3 Å². The summed E-state index contributed by atoms with van der Waals surface area (Å²) in [6.45, 7) is 0.199. The molecule has 2 fully saturated rings. The largest absolute Gasteiger partial charge is 0.524 e. The van der Waals surface area contributed by atoms with E-state index in [-0.39, 0.29) is 41.6 Å². The molecule has 1 spiro atoms. The van der Waals surface area contributed by atoms with Gasteiger partial charge in [-0.25, -0.2) is 9.45 Å². The van der Waals surface area contributed by atoms with Gasteiger partial charge in [0.15, 0.2) is 17.1 Å². The van der Waals surface area contributed by atoms with Crippen molar-refractivity contribution in [1.29, 1.82) is 0 Å². The van der Waals surface area contributed by atoms with Crippen molar-refractivity contribution in [1.82, 2.24) is 0 Å². The number of fused-ring (bicyclic) bond motifs is 1. The van der Waals surface area contributed by atoms with Gasteiger partial charge in [-0.3, -0.25) is 9.79 Å². The predicted molar refractivity (Wildman–Crippen MR) is 146 cm³/mol. The molecule has 3 aliphatic carbocycles. The number of phosphoric ester groups is 1. The fraction of sp³-hybridized carbons (Fsp3) is 0.517. The lowest BCUT2D eigenvalue weighted by atomic mass is 9.53. The van der Waals surface area contributed by atoms with Crippen LogP contribution < -0.4 is 14.0 Å². The van der Waals surface area contributed by atoms with E-state index >= 15 is 0 Å². The Labute approximate surface area is 238 Å². The summed E-state index contributed by atoms with van der Waals surface area (Å²) in [5, 5.41) is -0.0206. The highest BCUT2D eigenvalue weighted by Gasteiger charge is 2.75. The van der Waals surface area contributed by atoms with E-state index < -0.39 is 19.2 Å². The Morgan fingerprint density at radius 3 is 2.48 bits per heavy atom. The molecule has 0 amide bonds. The summed E-state index contributed by atoms with van der Waals surface area (Å²) in [5.74, 6) is -0.746. The van der Waals surface area contributed by atoms with E-state index in [2.05, 4.69) is 0 Å². The second kappa shape index (κ2) is 11.0. The number of methoxy groups -OCH3 is 1. The van der Waals surface area contributed by atoms with Crippen LogP contribution in [0.2, 0.25) is 5.02 Å². The number of benzene rings is 2. The third-order valence-electron chi connectivity index (χ3n) is 8.78. The van der Waals surface area contributed by atoms with Crippen molar-refractivity contribution < 1.29 is 42.9 Å². The smallest absolute Gasteiger partial charge is 0.490 e. The molecule has 2 aromatic carbocycles. The van der Waals surface area contributed by atoms with E-state index in [0.717, 1.165) is 44.9 Å². The molecule has 1 saturated heterocycles. The fourth-order valence-electron chi connectivity index (χ4n) is 7.27. The SMILES string of the molecule is COC1(c2ccc(Cl)c(OP(=O)(O)O)c2OCCOc2ccccc2)OOC12C1CCCC2C2=C(CCCC2)C1. The summed E-state index contributed by atoms with van der Waals surface area (Å²) in [5.41, 5.74) is 2.59. The lowest BCUT2D eigenvalue weighted by Gasteiger charge is -2.65. The van der Waals surface area contributed by atoms with Crippen molar-refractivity contribution >= 4 is 19.4 Å². The lowest BCUT2D eigenvalue weighted by Crippen LogP contribution is -2.74. The van der Waals surface area contributed by atoms with E-state index in [1.165, 1.54) is 18.1 Å². The van der Waals surface area contributed by atoms with Crippen LogP contribution in [-0.4, -0.2) is 35.7 Å². The van der Waals surface area contributed by atoms with E-state index in [1.807, 2.05) is 30.3 Å². The summed E-state index contributed by atoms with van der Waals surface area (Å²) in [6, 6.07) is 12.5. The number of phosphoric acid groups is 1. The highest BCUT2D eigenvalue weighted by atomic mass is 35.5.